The van der Waals surface area contributed by atoms with Crippen molar-refractivity contribution >= 4 is 15.5 Å². The molecular weight excluding hydrogens is 284 g/mol. The van der Waals surface area contributed by atoms with E-state index in [4.69, 9.17) is 5.26 Å². The standard InChI is InChI=1S/C16H16N2O2S/c1-12-9-13(10-17)3-4-14(12)11-18-15-5-7-16(8-6-15)21(2,19)20/h3-9,18H,11H2,1-2H3. The summed E-state index contributed by atoms with van der Waals surface area (Å²) in [7, 11) is -3.16. The maximum Gasteiger partial charge on any atom is 0.175 e. The summed E-state index contributed by atoms with van der Waals surface area (Å²) >= 11 is 0. The smallest absolute Gasteiger partial charge is 0.175 e. The summed E-state index contributed by atoms with van der Waals surface area (Å²) < 4.78 is 22.8. The van der Waals surface area contributed by atoms with E-state index in [-0.39, 0.29) is 0 Å². The Morgan fingerprint density at radius 3 is 2.33 bits per heavy atom. The molecule has 21 heavy (non-hydrogen) atoms. The molecule has 0 aliphatic carbocycles. The normalized spacial score (nSPS) is 10.9. The topological polar surface area (TPSA) is 70.0 Å². The van der Waals surface area contributed by atoms with Crippen molar-refractivity contribution in [1.82, 2.24) is 0 Å². The number of nitriles is 1. The number of aryl methyl sites for hydroxylation is 1. The fraction of sp³-hybridized carbons (Fsp3) is 0.188. The SMILES string of the molecule is Cc1cc(C#N)ccc1CNc1ccc(S(C)(=O)=O)cc1. The Morgan fingerprint density at radius 2 is 1.81 bits per heavy atom. The zero-order valence-corrected chi connectivity index (χ0v) is 12.7. The second-order valence-electron chi connectivity index (χ2n) is 4.90. The Balaban J connectivity index is 2.09. The molecule has 108 valence electrons. The molecule has 0 heterocycles. The van der Waals surface area contributed by atoms with Crippen molar-refractivity contribution in [3.8, 4) is 6.07 Å². The molecule has 2 rings (SSSR count). The molecule has 0 spiro atoms. The van der Waals surface area contributed by atoms with Gasteiger partial charge in [0.2, 0.25) is 0 Å². The molecule has 2 aromatic carbocycles. The van der Waals surface area contributed by atoms with Crippen LogP contribution in [0.1, 0.15) is 16.7 Å². The maximum absolute atomic E-state index is 11.4. The van der Waals surface area contributed by atoms with Crippen LogP contribution in [0.15, 0.2) is 47.4 Å². The number of hydrogen-bond acceptors (Lipinski definition) is 4. The van der Waals surface area contributed by atoms with Crippen molar-refractivity contribution in [3.63, 3.8) is 0 Å². The second kappa shape index (κ2) is 5.98. The van der Waals surface area contributed by atoms with Gasteiger partial charge in [0, 0.05) is 18.5 Å². The minimum absolute atomic E-state index is 0.308. The van der Waals surface area contributed by atoms with Gasteiger partial charge < -0.3 is 5.32 Å². The van der Waals surface area contributed by atoms with Gasteiger partial charge in [-0.2, -0.15) is 5.26 Å². The van der Waals surface area contributed by atoms with E-state index in [0.717, 1.165) is 16.8 Å². The van der Waals surface area contributed by atoms with E-state index in [9.17, 15) is 8.42 Å². The Labute approximate surface area is 125 Å². The van der Waals surface area contributed by atoms with Crippen LogP contribution in [0.5, 0.6) is 0 Å². The van der Waals surface area contributed by atoms with E-state index in [1.165, 1.54) is 6.26 Å². The molecule has 0 bridgehead atoms. The third kappa shape index (κ3) is 3.83. The van der Waals surface area contributed by atoms with Gasteiger partial charge in [0.15, 0.2) is 9.84 Å². The minimum Gasteiger partial charge on any atom is -0.381 e. The van der Waals surface area contributed by atoms with E-state index >= 15 is 0 Å². The van der Waals surface area contributed by atoms with Gasteiger partial charge >= 0.3 is 0 Å². The molecule has 1 N–H and O–H groups in total. The number of benzene rings is 2. The predicted octanol–water partition coefficient (Wildman–Crippen LogP) is 2.88. The summed E-state index contributed by atoms with van der Waals surface area (Å²) in [6, 6.07) is 14.3. The summed E-state index contributed by atoms with van der Waals surface area (Å²) in [6.07, 6.45) is 1.19. The fourth-order valence-electron chi connectivity index (χ4n) is 1.98. The lowest BCUT2D eigenvalue weighted by molar-refractivity contribution is 0.602. The van der Waals surface area contributed by atoms with Gasteiger partial charge in [-0.1, -0.05) is 6.07 Å². The van der Waals surface area contributed by atoms with Gasteiger partial charge in [0.05, 0.1) is 16.5 Å². The van der Waals surface area contributed by atoms with Crippen LogP contribution in [-0.4, -0.2) is 14.7 Å². The molecule has 0 fully saturated rings. The van der Waals surface area contributed by atoms with Crippen LogP contribution in [0.4, 0.5) is 5.69 Å². The number of nitrogens with one attached hydrogen (secondary N) is 1. The number of hydrogen-bond donors (Lipinski definition) is 1. The molecule has 2 aromatic rings. The van der Waals surface area contributed by atoms with E-state index in [1.807, 2.05) is 19.1 Å². The van der Waals surface area contributed by atoms with Gasteiger partial charge in [-0.25, -0.2) is 8.42 Å². The van der Waals surface area contributed by atoms with Gasteiger partial charge in [0.25, 0.3) is 0 Å². The highest BCUT2D eigenvalue weighted by Crippen LogP contribution is 2.16. The molecule has 0 aromatic heterocycles. The summed E-state index contributed by atoms with van der Waals surface area (Å²) in [6.45, 7) is 2.58. The van der Waals surface area contributed by atoms with Crippen LogP contribution < -0.4 is 5.32 Å². The quantitative estimate of drug-likeness (QED) is 0.942. The summed E-state index contributed by atoms with van der Waals surface area (Å²) in [5, 5.41) is 12.1. The van der Waals surface area contributed by atoms with Crippen molar-refractivity contribution in [2.45, 2.75) is 18.4 Å². The van der Waals surface area contributed by atoms with Crippen LogP contribution >= 0.6 is 0 Å². The summed E-state index contributed by atoms with van der Waals surface area (Å²) in [5.74, 6) is 0. The molecule has 0 aliphatic rings. The van der Waals surface area contributed by atoms with Crippen molar-refractivity contribution in [2.24, 2.45) is 0 Å². The highest BCUT2D eigenvalue weighted by atomic mass is 32.2. The largest absolute Gasteiger partial charge is 0.381 e. The van der Waals surface area contributed by atoms with Gasteiger partial charge in [0.1, 0.15) is 0 Å². The summed E-state index contributed by atoms with van der Waals surface area (Å²) in [4.78, 5) is 0.308. The molecule has 5 heteroatoms. The first-order valence-electron chi connectivity index (χ1n) is 6.44. The van der Waals surface area contributed by atoms with Gasteiger partial charge in [-0.15, -0.1) is 0 Å². The lowest BCUT2D eigenvalue weighted by Gasteiger charge is -2.10. The van der Waals surface area contributed by atoms with E-state index in [2.05, 4.69) is 11.4 Å². The van der Waals surface area contributed by atoms with Crippen LogP contribution in [0.25, 0.3) is 0 Å². The lowest BCUT2D eigenvalue weighted by atomic mass is 10.1. The van der Waals surface area contributed by atoms with Crippen molar-refractivity contribution in [2.75, 3.05) is 11.6 Å². The zero-order chi connectivity index (χ0) is 15.5. The monoisotopic (exact) mass is 300 g/mol. The molecule has 0 atom stereocenters. The molecule has 0 aliphatic heterocycles. The minimum atomic E-state index is -3.16. The first kappa shape index (κ1) is 15.1. The highest BCUT2D eigenvalue weighted by Gasteiger charge is 2.06. The van der Waals surface area contributed by atoms with Crippen LogP contribution in [0.3, 0.4) is 0 Å². The molecule has 0 radical (unpaired) electrons. The van der Waals surface area contributed by atoms with E-state index < -0.39 is 9.84 Å². The average Bonchev–Trinajstić information content (AvgIpc) is 2.45. The molecule has 0 unspecified atom stereocenters. The van der Waals surface area contributed by atoms with Crippen molar-refractivity contribution in [1.29, 1.82) is 5.26 Å². The summed E-state index contributed by atoms with van der Waals surface area (Å²) in [5.41, 5.74) is 3.65. The first-order chi connectivity index (χ1) is 9.90. The molecule has 0 saturated heterocycles. The van der Waals surface area contributed by atoms with Crippen LogP contribution in [0, 0.1) is 18.3 Å². The molecule has 0 saturated carbocycles. The van der Waals surface area contributed by atoms with Crippen molar-refractivity contribution in [3.05, 3.63) is 59.2 Å². The average molecular weight is 300 g/mol. The maximum atomic E-state index is 11.4. The number of anilines is 1. The van der Waals surface area contributed by atoms with Gasteiger partial charge in [-0.3, -0.25) is 0 Å². The van der Waals surface area contributed by atoms with E-state index in [0.29, 0.717) is 17.0 Å². The van der Waals surface area contributed by atoms with Crippen LogP contribution in [0.2, 0.25) is 0 Å². The first-order valence-corrected chi connectivity index (χ1v) is 8.33. The van der Waals surface area contributed by atoms with E-state index in [1.54, 1.807) is 30.3 Å². The highest BCUT2D eigenvalue weighted by molar-refractivity contribution is 7.90. The van der Waals surface area contributed by atoms with Crippen molar-refractivity contribution < 1.29 is 8.42 Å². The Kier molecular flexibility index (Phi) is 4.29. The molecule has 4 nitrogen and oxygen atoms in total. The number of nitrogens with zero attached hydrogens (tertiary/aromatic N) is 1. The number of rotatable bonds is 4. The third-order valence-corrected chi connectivity index (χ3v) is 4.37. The number of sulfone groups is 1. The zero-order valence-electron chi connectivity index (χ0n) is 11.9. The predicted molar refractivity (Wildman–Crippen MR) is 82.8 cm³/mol. The van der Waals surface area contributed by atoms with Crippen LogP contribution in [-0.2, 0) is 16.4 Å². The Bertz CT molecular complexity index is 788. The molecular formula is C16H16N2O2S. The lowest BCUT2D eigenvalue weighted by Crippen LogP contribution is -2.02. The Morgan fingerprint density at radius 1 is 1.14 bits per heavy atom. The molecule has 0 amide bonds. The third-order valence-electron chi connectivity index (χ3n) is 3.24. The fourth-order valence-corrected chi connectivity index (χ4v) is 2.61. The second-order valence-corrected chi connectivity index (χ2v) is 6.92. The Hall–Kier alpha value is -2.32. The van der Waals surface area contributed by atoms with Gasteiger partial charge in [-0.05, 0) is 54.4 Å².